The van der Waals surface area contributed by atoms with Gasteiger partial charge >= 0.3 is 0 Å². The van der Waals surface area contributed by atoms with E-state index in [1.807, 2.05) is 6.08 Å². The first-order chi connectivity index (χ1) is 6.22. The summed E-state index contributed by atoms with van der Waals surface area (Å²) in [6.45, 7) is 8.19. The lowest BCUT2D eigenvalue weighted by atomic mass is 10.2. The van der Waals surface area contributed by atoms with Crippen LogP contribution >= 0.6 is 0 Å². The van der Waals surface area contributed by atoms with Gasteiger partial charge in [-0.3, -0.25) is 0 Å². The first-order valence-corrected chi connectivity index (χ1v) is 4.36. The van der Waals surface area contributed by atoms with Crippen molar-refractivity contribution in [2.75, 3.05) is 0 Å². The number of nitrogens with one attached hydrogen (secondary N) is 1. The molecule has 1 heterocycles. The number of aryl methyl sites for hydroxylation is 1. The summed E-state index contributed by atoms with van der Waals surface area (Å²) in [4.78, 5) is 4.08. The molecule has 1 aromatic heterocycles. The Labute approximate surface area is 78.0 Å². The van der Waals surface area contributed by atoms with Gasteiger partial charge in [-0.1, -0.05) is 11.2 Å². The molecule has 0 aromatic carbocycles. The van der Waals surface area contributed by atoms with Crippen LogP contribution in [0.3, 0.4) is 0 Å². The number of aromatic nitrogens is 2. The third kappa shape index (κ3) is 3.38. The second kappa shape index (κ2) is 4.77. The van der Waals surface area contributed by atoms with Crippen molar-refractivity contribution >= 4 is 0 Å². The Morgan fingerprint density at radius 2 is 2.46 bits per heavy atom. The molecule has 1 aromatic rings. The third-order valence-corrected chi connectivity index (χ3v) is 1.70. The molecule has 4 heteroatoms. The van der Waals surface area contributed by atoms with E-state index in [0.29, 0.717) is 24.3 Å². The summed E-state index contributed by atoms with van der Waals surface area (Å²) < 4.78 is 4.84. The maximum absolute atomic E-state index is 4.84. The predicted octanol–water partition coefficient (Wildman–Crippen LogP) is 1.43. The maximum atomic E-state index is 4.84. The van der Waals surface area contributed by atoms with E-state index in [1.54, 1.807) is 6.92 Å². The summed E-state index contributed by atoms with van der Waals surface area (Å²) >= 11 is 0. The molecule has 0 amide bonds. The third-order valence-electron chi connectivity index (χ3n) is 1.70. The van der Waals surface area contributed by atoms with E-state index < -0.39 is 0 Å². The zero-order valence-electron chi connectivity index (χ0n) is 8.08. The summed E-state index contributed by atoms with van der Waals surface area (Å²) in [5.74, 6) is 1.31. The minimum Gasteiger partial charge on any atom is -0.340 e. The molecule has 72 valence electrons. The lowest BCUT2D eigenvalue weighted by Crippen LogP contribution is -2.25. The smallest absolute Gasteiger partial charge is 0.223 e. The van der Waals surface area contributed by atoms with Crippen molar-refractivity contribution in [3.05, 3.63) is 24.4 Å². The molecule has 0 bridgehead atoms. The van der Waals surface area contributed by atoms with Crippen molar-refractivity contribution in [3.63, 3.8) is 0 Å². The van der Waals surface area contributed by atoms with Gasteiger partial charge in [0.1, 0.15) is 0 Å². The highest BCUT2D eigenvalue weighted by molar-refractivity contribution is 4.84. The van der Waals surface area contributed by atoms with Gasteiger partial charge in [-0.2, -0.15) is 4.98 Å². The zero-order chi connectivity index (χ0) is 9.68. The first-order valence-electron chi connectivity index (χ1n) is 4.36. The van der Waals surface area contributed by atoms with Gasteiger partial charge in [0.2, 0.25) is 5.89 Å². The van der Waals surface area contributed by atoms with Crippen molar-refractivity contribution < 1.29 is 4.52 Å². The van der Waals surface area contributed by atoms with Crippen LogP contribution in [0, 0.1) is 6.92 Å². The highest BCUT2D eigenvalue weighted by atomic mass is 16.5. The summed E-state index contributed by atoms with van der Waals surface area (Å²) in [5, 5.41) is 7.03. The van der Waals surface area contributed by atoms with E-state index in [2.05, 4.69) is 29.0 Å². The normalized spacial score (nSPS) is 12.8. The van der Waals surface area contributed by atoms with E-state index in [9.17, 15) is 0 Å². The average Bonchev–Trinajstić information content (AvgIpc) is 2.49. The van der Waals surface area contributed by atoms with Crippen molar-refractivity contribution in [1.82, 2.24) is 15.5 Å². The van der Waals surface area contributed by atoms with Gasteiger partial charge in [-0.25, -0.2) is 0 Å². The lowest BCUT2D eigenvalue weighted by molar-refractivity contribution is 0.384. The average molecular weight is 181 g/mol. The molecular formula is C9H15N3O. The first kappa shape index (κ1) is 9.92. The van der Waals surface area contributed by atoms with Gasteiger partial charge in [-0.15, -0.1) is 6.58 Å². The van der Waals surface area contributed by atoms with Crippen LogP contribution in [0.4, 0.5) is 0 Å². The summed E-state index contributed by atoms with van der Waals surface area (Å²) in [5.41, 5.74) is 0. The molecule has 0 saturated heterocycles. The van der Waals surface area contributed by atoms with Gasteiger partial charge in [0.05, 0.1) is 6.54 Å². The number of hydrogen-bond acceptors (Lipinski definition) is 4. The Morgan fingerprint density at radius 3 is 3.00 bits per heavy atom. The molecule has 0 spiro atoms. The second-order valence-corrected chi connectivity index (χ2v) is 3.04. The molecule has 1 atom stereocenters. The Bertz CT molecular complexity index is 270. The van der Waals surface area contributed by atoms with Crippen LogP contribution < -0.4 is 5.32 Å². The fourth-order valence-corrected chi connectivity index (χ4v) is 1.01. The molecule has 1 rings (SSSR count). The molecule has 0 saturated carbocycles. The van der Waals surface area contributed by atoms with E-state index in [1.165, 1.54) is 0 Å². The van der Waals surface area contributed by atoms with E-state index in [0.717, 1.165) is 6.42 Å². The van der Waals surface area contributed by atoms with Gasteiger partial charge in [-0.05, 0) is 13.3 Å². The highest BCUT2D eigenvalue weighted by Crippen LogP contribution is 1.96. The van der Waals surface area contributed by atoms with E-state index in [4.69, 9.17) is 4.52 Å². The Hall–Kier alpha value is -1.16. The highest BCUT2D eigenvalue weighted by Gasteiger charge is 2.03. The predicted molar refractivity (Wildman–Crippen MR) is 50.2 cm³/mol. The van der Waals surface area contributed by atoms with Crippen molar-refractivity contribution in [1.29, 1.82) is 0 Å². The van der Waals surface area contributed by atoms with Crippen molar-refractivity contribution in [2.45, 2.75) is 32.9 Å². The fraction of sp³-hybridized carbons (Fsp3) is 0.556. The molecule has 13 heavy (non-hydrogen) atoms. The van der Waals surface area contributed by atoms with Gasteiger partial charge in [0, 0.05) is 13.0 Å². The second-order valence-electron chi connectivity index (χ2n) is 3.04. The van der Waals surface area contributed by atoms with Crippen LogP contribution in [0.1, 0.15) is 25.1 Å². The van der Waals surface area contributed by atoms with E-state index in [-0.39, 0.29) is 0 Å². The summed E-state index contributed by atoms with van der Waals surface area (Å²) in [7, 11) is 0. The fourth-order valence-electron chi connectivity index (χ4n) is 1.01. The molecular weight excluding hydrogens is 166 g/mol. The summed E-state index contributed by atoms with van der Waals surface area (Å²) in [6, 6.07) is 0.399. The largest absolute Gasteiger partial charge is 0.340 e. The van der Waals surface area contributed by atoms with Gasteiger partial charge in [0.15, 0.2) is 5.82 Å². The van der Waals surface area contributed by atoms with Crippen LogP contribution in [-0.4, -0.2) is 16.2 Å². The molecule has 1 unspecified atom stereocenters. The zero-order valence-corrected chi connectivity index (χ0v) is 8.08. The van der Waals surface area contributed by atoms with Crippen molar-refractivity contribution in [3.8, 4) is 0 Å². The number of hydrogen-bond donors (Lipinski definition) is 1. The van der Waals surface area contributed by atoms with Gasteiger partial charge in [0.25, 0.3) is 0 Å². The van der Waals surface area contributed by atoms with E-state index >= 15 is 0 Å². The van der Waals surface area contributed by atoms with Crippen LogP contribution in [-0.2, 0) is 6.54 Å². The van der Waals surface area contributed by atoms with Gasteiger partial charge < -0.3 is 9.84 Å². The Morgan fingerprint density at radius 1 is 1.69 bits per heavy atom. The number of nitrogens with zero attached hydrogens (tertiary/aromatic N) is 2. The molecule has 0 radical (unpaired) electrons. The topological polar surface area (TPSA) is 51.0 Å². The molecule has 4 nitrogen and oxygen atoms in total. The lowest BCUT2D eigenvalue weighted by Gasteiger charge is -2.08. The summed E-state index contributed by atoms with van der Waals surface area (Å²) in [6.07, 6.45) is 2.83. The molecule has 0 fully saturated rings. The molecule has 0 aliphatic rings. The molecule has 1 N–H and O–H groups in total. The van der Waals surface area contributed by atoms with Crippen LogP contribution in [0.15, 0.2) is 17.2 Å². The number of rotatable bonds is 5. The molecule has 0 aliphatic heterocycles. The van der Waals surface area contributed by atoms with Crippen LogP contribution in [0.2, 0.25) is 0 Å². The monoisotopic (exact) mass is 181 g/mol. The minimum absolute atomic E-state index is 0.399. The molecule has 0 aliphatic carbocycles. The Balaban J connectivity index is 2.30. The maximum Gasteiger partial charge on any atom is 0.223 e. The SMILES string of the molecule is C=CCC(C)NCc1noc(C)n1. The van der Waals surface area contributed by atoms with Crippen LogP contribution in [0.25, 0.3) is 0 Å². The quantitative estimate of drug-likeness (QED) is 0.698. The standard InChI is InChI=1S/C9H15N3O/c1-4-5-7(2)10-6-9-11-8(3)13-12-9/h4,7,10H,1,5-6H2,2-3H3. The minimum atomic E-state index is 0.399. The Kier molecular flexibility index (Phi) is 3.64. The van der Waals surface area contributed by atoms with Crippen molar-refractivity contribution in [2.24, 2.45) is 0 Å². The van der Waals surface area contributed by atoms with Crippen LogP contribution in [0.5, 0.6) is 0 Å².